The maximum Gasteiger partial charge on any atom is 0.133 e. The van der Waals surface area contributed by atoms with E-state index in [1.165, 1.54) is 0 Å². The molecular formula is C12H12ClNO2S. The molecule has 5 heteroatoms. The third kappa shape index (κ3) is 3.68. The van der Waals surface area contributed by atoms with E-state index in [1.54, 1.807) is 12.1 Å². The van der Waals surface area contributed by atoms with Crippen molar-refractivity contribution in [1.29, 1.82) is 0 Å². The van der Waals surface area contributed by atoms with Gasteiger partial charge in [-0.25, -0.2) is 0 Å². The highest BCUT2D eigenvalue weighted by Crippen LogP contribution is 2.14. The van der Waals surface area contributed by atoms with Gasteiger partial charge in [0.05, 0.1) is 11.4 Å². The summed E-state index contributed by atoms with van der Waals surface area (Å²) in [6.07, 6.45) is 0. The Labute approximate surface area is 107 Å². The molecule has 1 atom stereocenters. The molecule has 0 fully saturated rings. The van der Waals surface area contributed by atoms with Crippen LogP contribution in [0.2, 0.25) is 5.02 Å². The molecule has 2 aromatic rings. The van der Waals surface area contributed by atoms with Gasteiger partial charge in [0.25, 0.3) is 0 Å². The number of hydrogen-bond acceptors (Lipinski definition) is 3. The molecule has 0 N–H and O–H groups in total. The van der Waals surface area contributed by atoms with Gasteiger partial charge in [-0.05, 0) is 24.6 Å². The number of halogens is 1. The smallest absolute Gasteiger partial charge is 0.133 e. The molecule has 0 spiro atoms. The van der Waals surface area contributed by atoms with Gasteiger partial charge in [-0.2, -0.15) is 0 Å². The summed E-state index contributed by atoms with van der Waals surface area (Å²) >= 11 is 5.87. The van der Waals surface area contributed by atoms with Crippen LogP contribution in [0.3, 0.4) is 0 Å². The number of rotatable bonds is 4. The van der Waals surface area contributed by atoms with Gasteiger partial charge < -0.3 is 4.52 Å². The zero-order valence-electron chi connectivity index (χ0n) is 9.35. The fourth-order valence-corrected chi connectivity index (χ4v) is 2.85. The summed E-state index contributed by atoms with van der Waals surface area (Å²) in [4.78, 5) is 0. The van der Waals surface area contributed by atoms with Crippen molar-refractivity contribution in [2.75, 3.05) is 0 Å². The molecule has 1 heterocycles. The molecule has 0 bridgehead atoms. The van der Waals surface area contributed by atoms with Gasteiger partial charge >= 0.3 is 0 Å². The molecule has 90 valence electrons. The van der Waals surface area contributed by atoms with Gasteiger partial charge in [0.2, 0.25) is 0 Å². The van der Waals surface area contributed by atoms with Crippen LogP contribution in [0, 0.1) is 6.92 Å². The minimum Gasteiger partial charge on any atom is -0.361 e. The largest absolute Gasteiger partial charge is 0.361 e. The minimum atomic E-state index is -0.998. The summed E-state index contributed by atoms with van der Waals surface area (Å²) in [7, 11) is -0.998. The molecule has 0 saturated heterocycles. The molecule has 17 heavy (non-hydrogen) atoms. The molecule has 0 amide bonds. The van der Waals surface area contributed by atoms with Crippen LogP contribution in [0.25, 0.3) is 0 Å². The molecule has 0 aliphatic heterocycles. The van der Waals surface area contributed by atoms with Crippen molar-refractivity contribution in [2.45, 2.75) is 18.4 Å². The highest BCUT2D eigenvalue weighted by atomic mass is 35.5. The van der Waals surface area contributed by atoms with Gasteiger partial charge in [0.1, 0.15) is 5.76 Å². The molecule has 0 aliphatic carbocycles. The number of hydrogen-bond donors (Lipinski definition) is 0. The highest BCUT2D eigenvalue weighted by molar-refractivity contribution is 7.83. The number of aryl methyl sites for hydroxylation is 1. The summed E-state index contributed by atoms with van der Waals surface area (Å²) < 4.78 is 16.8. The topological polar surface area (TPSA) is 43.1 Å². The lowest BCUT2D eigenvalue weighted by Crippen LogP contribution is -1.99. The molecule has 0 radical (unpaired) electrons. The van der Waals surface area contributed by atoms with Crippen LogP contribution in [-0.2, 0) is 22.3 Å². The van der Waals surface area contributed by atoms with Gasteiger partial charge in [-0.1, -0.05) is 28.9 Å². The Morgan fingerprint density at radius 2 is 2.18 bits per heavy atom. The van der Waals surface area contributed by atoms with Crippen LogP contribution in [0.1, 0.15) is 17.0 Å². The van der Waals surface area contributed by atoms with E-state index in [2.05, 4.69) is 5.16 Å². The van der Waals surface area contributed by atoms with E-state index in [9.17, 15) is 4.21 Å². The Balaban J connectivity index is 1.98. The SMILES string of the molecule is Cc1cc(C[S@@](=O)Cc2cccc(Cl)c2)no1. The third-order valence-electron chi connectivity index (χ3n) is 2.20. The second-order valence-electron chi connectivity index (χ2n) is 3.79. The first-order chi connectivity index (χ1) is 8.13. The van der Waals surface area contributed by atoms with E-state index in [1.807, 2.05) is 25.1 Å². The minimum absolute atomic E-state index is 0.407. The quantitative estimate of drug-likeness (QED) is 0.857. The van der Waals surface area contributed by atoms with E-state index in [0.717, 1.165) is 17.0 Å². The van der Waals surface area contributed by atoms with Crippen molar-refractivity contribution in [3.8, 4) is 0 Å². The molecule has 2 rings (SSSR count). The van der Waals surface area contributed by atoms with Gasteiger partial charge in [0, 0.05) is 27.6 Å². The van der Waals surface area contributed by atoms with Crippen LogP contribution in [0.15, 0.2) is 34.9 Å². The van der Waals surface area contributed by atoms with E-state index in [0.29, 0.717) is 16.5 Å². The van der Waals surface area contributed by atoms with Gasteiger partial charge in [-0.15, -0.1) is 0 Å². The third-order valence-corrected chi connectivity index (χ3v) is 3.71. The molecule has 0 unspecified atom stereocenters. The fourth-order valence-electron chi connectivity index (χ4n) is 1.51. The fraction of sp³-hybridized carbons (Fsp3) is 0.250. The Morgan fingerprint density at radius 3 is 2.82 bits per heavy atom. The van der Waals surface area contributed by atoms with Crippen molar-refractivity contribution in [1.82, 2.24) is 5.16 Å². The zero-order chi connectivity index (χ0) is 12.3. The predicted molar refractivity (Wildman–Crippen MR) is 68.2 cm³/mol. The second kappa shape index (κ2) is 5.47. The first-order valence-corrected chi connectivity index (χ1v) is 7.02. The Kier molecular flexibility index (Phi) is 3.97. The molecule has 3 nitrogen and oxygen atoms in total. The lowest BCUT2D eigenvalue weighted by atomic mass is 10.2. The van der Waals surface area contributed by atoms with E-state index < -0.39 is 10.8 Å². The van der Waals surface area contributed by atoms with Gasteiger partial charge in [0.15, 0.2) is 0 Å². The molecule has 1 aromatic carbocycles. The van der Waals surface area contributed by atoms with E-state index >= 15 is 0 Å². The number of nitrogens with zero attached hydrogens (tertiary/aromatic N) is 1. The Bertz CT molecular complexity index is 539. The van der Waals surface area contributed by atoms with E-state index in [4.69, 9.17) is 16.1 Å². The van der Waals surface area contributed by atoms with Crippen molar-refractivity contribution < 1.29 is 8.73 Å². The van der Waals surface area contributed by atoms with Crippen molar-refractivity contribution in [3.05, 3.63) is 52.4 Å². The predicted octanol–water partition coefficient (Wildman–Crippen LogP) is 3.09. The lowest BCUT2D eigenvalue weighted by Gasteiger charge is -2.01. The number of aromatic nitrogens is 1. The van der Waals surface area contributed by atoms with Crippen LogP contribution < -0.4 is 0 Å². The Morgan fingerprint density at radius 1 is 1.35 bits per heavy atom. The van der Waals surface area contributed by atoms with Crippen molar-refractivity contribution in [3.63, 3.8) is 0 Å². The maximum absolute atomic E-state index is 11.9. The normalized spacial score (nSPS) is 12.6. The standard InChI is InChI=1S/C12H12ClNO2S/c1-9-5-12(14-16-9)8-17(15)7-10-3-2-4-11(13)6-10/h2-6H,7-8H2,1H3/t17-/m0/s1. The maximum atomic E-state index is 11.9. The van der Waals surface area contributed by atoms with Crippen molar-refractivity contribution >= 4 is 22.4 Å². The first kappa shape index (κ1) is 12.3. The summed E-state index contributed by atoms with van der Waals surface area (Å²) in [6.45, 7) is 1.82. The Hall–Kier alpha value is -1.13. The first-order valence-electron chi connectivity index (χ1n) is 5.15. The molecule has 0 aliphatic rings. The zero-order valence-corrected chi connectivity index (χ0v) is 10.9. The van der Waals surface area contributed by atoms with Crippen LogP contribution in [0.5, 0.6) is 0 Å². The average Bonchev–Trinajstić information content (AvgIpc) is 2.63. The molecule has 1 aromatic heterocycles. The van der Waals surface area contributed by atoms with Crippen LogP contribution >= 0.6 is 11.6 Å². The van der Waals surface area contributed by atoms with Crippen LogP contribution in [-0.4, -0.2) is 9.37 Å². The van der Waals surface area contributed by atoms with E-state index in [-0.39, 0.29) is 0 Å². The van der Waals surface area contributed by atoms with Crippen molar-refractivity contribution in [2.24, 2.45) is 0 Å². The van der Waals surface area contributed by atoms with Crippen LogP contribution in [0.4, 0.5) is 0 Å². The molecule has 0 saturated carbocycles. The van der Waals surface area contributed by atoms with Gasteiger partial charge in [-0.3, -0.25) is 4.21 Å². The summed E-state index contributed by atoms with van der Waals surface area (Å²) in [6, 6.07) is 9.20. The number of benzene rings is 1. The highest BCUT2D eigenvalue weighted by Gasteiger charge is 2.07. The summed E-state index contributed by atoms with van der Waals surface area (Å²) in [5, 5.41) is 4.48. The lowest BCUT2D eigenvalue weighted by molar-refractivity contribution is 0.392. The molecular weight excluding hydrogens is 258 g/mol. The average molecular weight is 270 g/mol. The summed E-state index contributed by atoms with van der Waals surface area (Å²) in [5.41, 5.74) is 1.69. The monoisotopic (exact) mass is 269 g/mol. The second-order valence-corrected chi connectivity index (χ2v) is 5.68. The summed E-state index contributed by atoms with van der Waals surface area (Å²) in [5.74, 6) is 1.62.